The van der Waals surface area contributed by atoms with E-state index >= 15 is 0 Å². The van der Waals surface area contributed by atoms with Gasteiger partial charge in [0.1, 0.15) is 11.6 Å². The molecule has 1 fully saturated rings. The topological polar surface area (TPSA) is 75.3 Å². The van der Waals surface area contributed by atoms with E-state index < -0.39 is 5.91 Å². The van der Waals surface area contributed by atoms with Crippen LogP contribution in [0.2, 0.25) is 0 Å². The quantitative estimate of drug-likeness (QED) is 0.932. The fourth-order valence-corrected chi connectivity index (χ4v) is 3.07. The highest BCUT2D eigenvalue weighted by Crippen LogP contribution is 2.23. The summed E-state index contributed by atoms with van der Waals surface area (Å²) in [7, 11) is 0. The van der Waals surface area contributed by atoms with Gasteiger partial charge < -0.3 is 15.5 Å². The number of carbonyl (C=O) groups is 1. The molecule has 1 aromatic carbocycles. The highest BCUT2D eigenvalue weighted by atomic mass is 16.1. The van der Waals surface area contributed by atoms with Crippen molar-refractivity contribution in [1.29, 1.82) is 0 Å². The molecule has 6 nitrogen and oxygen atoms in total. The minimum atomic E-state index is -0.392. The van der Waals surface area contributed by atoms with Gasteiger partial charge in [-0.05, 0) is 45.0 Å². The van der Waals surface area contributed by atoms with E-state index in [2.05, 4.69) is 26.7 Å². The molecule has 1 saturated heterocycles. The van der Waals surface area contributed by atoms with E-state index in [4.69, 9.17) is 5.73 Å². The smallest absolute Gasteiger partial charge is 0.248 e. The van der Waals surface area contributed by atoms with Gasteiger partial charge in [0.05, 0.1) is 0 Å². The van der Waals surface area contributed by atoms with E-state index in [1.807, 2.05) is 26.0 Å². The summed E-state index contributed by atoms with van der Waals surface area (Å²) in [5.74, 6) is 1.47. The van der Waals surface area contributed by atoms with Crippen LogP contribution >= 0.6 is 0 Å². The number of primary amides is 1. The van der Waals surface area contributed by atoms with E-state index in [9.17, 15) is 4.79 Å². The SMILES string of the molecule is Cc1nc(C)c(C)c(N2CCN(c3ccc(C(N)=O)cc3)CC2)n1. The Hall–Kier alpha value is -2.63. The second kappa shape index (κ2) is 6.47. The highest BCUT2D eigenvalue weighted by Gasteiger charge is 2.21. The van der Waals surface area contributed by atoms with Crippen molar-refractivity contribution in [2.24, 2.45) is 5.73 Å². The Labute approximate surface area is 142 Å². The number of carbonyl (C=O) groups excluding carboxylic acids is 1. The predicted octanol–water partition coefficient (Wildman–Crippen LogP) is 1.83. The third-order valence-corrected chi connectivity index (χ3v) is 4.57. The molecule has 1 aromatic heterocycles. The Morgan fingerprint density at radius 2 is 1.54 bits per heavy atom. The molecule has 1 aliphatic rings. The number of rotatable bonds is 3. The Morgan fingerprint density at radius 3 is 2.12 bits per heavy atom. The minimum absolute atomic E-state index is 0.392. The normalized spacial score (nSPS) is 14.8. The first-order valence-electron chi connectivity index (χ1n) is 8.17. The minimum Gasteiger partial charge on any atom is -0.368 e. The van der Waals surface area contributed by atoms with Gasteiger partial charge in [0, 0.05) is 48.7 Å². The first-order chi connectivity index (χ1) is 11.5. The van der Waals surface area contributed by atoms with Crippen molar-refractivity contribution in [3.05, 3.63) is 46.9 Å². The van der Waals surface area contributed by atoms with Gasteiger partial charge in [-0.3, -0.25) is 4.79 Å². The molecule has 1 aliphatic heterocycles. The zero-order valence-corrected chi connectivity index (χ0v) is 14.4. The van der Waals surface area contributed by atoms with Crippen molar-refractivity contribution < 1.29 is 4.79 Å². The number of nitrogens with two attached hydrogens (primary N) is 1. The molecule has 0 bridgehead atoms. The van der Waals surface area contributed by atoms with Crippen LogP contribution in [0, 0.1) is 20.8 Å². The Kier molecular flexibility index (Phi) is 4.38. The Balaban J connectivity index is 1.71. The highest BCUT2D eigenvalue weighted by molar-refractivity contribution is 5.93. The summed E-state index contributed by atoms with van der Waals surface area (Å²) in [6, 6.07) is 7.48. The molecule has 2 N–H and O–H groups in total. The van der Waals surface area contributed by atoms with Gasteiger partial charge in [-0.2, -0.15) is 0 Å². The summed E-state index contributed by atoms with van der Waals surface area (Å²) < 4.78 is 0. The number of piperazine rings is 1. The maximum atomic E-state index is 11.2. The molecule has 2 heterocycles. The molecule has 1 amide bonds. The molecular weight excluding hydrogens is 302 g/mol. The fraction of sp³-hybridized carbons (Fsp3) is 0.389. The van der Waals surface area contributed by atoms with Gasteiger partial charge >= 0.3 is 0 Å². The first-order valence-corrected chi connectivity index (χ1v) is 8.17. The number of aromatic nitrogens is 2. The molecule has 0 unspecified atom stereocenters. The lowest BCUT2D eigenvalue weighted by Gasteiger charge is -2.37. The maximum Gasteiger partial charge on any atom is 0.248 e. The van der Waals surface area contributed by atoms with Crippen LogP contribution in [0.1, 0.15) is 27.4 Å². The van der Waals surface area contributed by atoms with Crippen molar-refractivity contribution in [2.45, 2.75) is 20.8 Å². The molecule has 0 aliphatic carbocycles. The predicted molar refractivity (Wildman–Crippen MR) is 95.6 cm³/mol. The van der Waals surface area contributed by atoms with Crippen molar-refractivity contribution >= 4 is 17.4 Å². The first kappa shape index (κ1) is 16.2. The number of amides is 1. The molecule has 0 saturated carbocycles. The monoisotopic (exact) mass is 325 g/mol. The van der Waals surface area contributed by atoms with Gasteiger partial charge in [-0.1, -0.05) is 0 Å². The lowest BCUT2D eigenvalue weighted by Crippen LogP contribution is -2.47. The zero-order valence-electron chi connectivity index (χ0n) is 14.4. The van der Waals surface area contributed by atoms with Crippen LogP contribution in [0.15, 0.2) is 24.3 Å². The van der Waals surface area contributed by atoms with E-state index in [-0.39, 0.29) is 0 Å². The van der Waals surface area contributed by atoms with Crippen molar-refractivity contribution in [1.82, 2.24) is 9.97 Å². The number of benzene rings is 1. The van der Waals surface area contributed by atoms with Crippen LogP contribution in [0.3, 0.4) is 0 Å². The molecule has 3 rings (SSSR count). The van der Waals surface area contributed by atoms with Gasteiger partial charge in [0.2, 0.25) is 5.91 Å². The molecule has 126 valence electrons. The molecule has 0 radical (unpaired) electrons. The third-order valence-electron chi connectivity index (χ3n) is 4.57. The van der Waals surface area contributed by atoms with E-state index in [0.717, 1.165) is 54.8 Å². The van der Waals surface area contributed by atoms with Crippen LogP contribution in [-0.4, -0.2) is 42.1 Å². The van der Waals surface area contributed by atoms with Crippen LogP contribution in [-0.2, 0) is 0 Å². The average Bonchev–Trinajstić information content (AvgIpc) is 2.58. The van der Waals surface area contributed by atoms with E-state index in [0.29, 0.717) is 5.56 Å². The van der Waals surface area contributed by atoms with E-state index in [1.165, 1.54) is 0 Å². The van der Waals surface area contributed by atoms with Crippen LogP contribution < -0.4 is 15.5 Å². The van der Waals surface area contributed by atoms with E-state index in [1.54, 1.807) is 12.1 Å². The summed E-state index contributed by atoms with van der Waals surface area (Å²) >= 11 is 0. The lowest BCUT2D eigenvalue weighted by molar-refractivity contribution is 0.100. The van der Waals surface area contributed by atoms with Crippen LogP contribution in [0.5, 0.6) is 0 Å². The Bertz CT molecular complexity index is 749. The van der Waals surface area contributed by atoms with Gasteiger partial charge in [-0.15, -0.1) is 0 Å². The summed E-state index contributed by atoms with van der Waals surface area (Å²) in [6.07, 6.45) is 0. The summed E-state index contributed by atoms with van der Waals surface area (Å²) in [6.45, 7) is 9.70. The molecule has 6 heteroatoms. The fourth-order valence-electron chi connectivity index (χ4n) is 3.07. The molecular formula is C18H23N5O. The number of anilines is 2. The summed E-state index contributed by atoms with van der Waals surface area (Å²) in [4.78, 5) is 24.9. The average molecular weight is 325 g/mol. The van der Waals surface area contributed by atoms with Crippen molar-refractivity contribution in [2.75, 3.05) is 36.0 Å². The third kappa shape index (κ3) is 3.18. The number of hydrogen-bond donors (Lipinski definition) is 1. The van der Waals surface area contributed by atoms with Gasteiger partial charge in [-0.25, -0.2) is 9.97 Å². The van der Waals surface area contributed by atoms with Gasteiger partial charge in [0.25, 0.3) is 0 Å². The maximum absolute atomic E-state index is 11.2. The number of nitrogens with zero attached hydrogens (tertiary/aromatic N) is 4. The summed E-state index contributed by atoms with van der Waals surface area (Å²) in [5, 5.41) is 0. The standard InChI is InChI=1S/C18H23N5O/c1-12-13(2)20-14(3)21-18(12)23-10-8-22(9-11-23)16-6-4-15(5-7-16)17(19)24/h4-7H,8-11H2,1-3H3,(H2,19,24). The van der Waals surface area contributed by atoms with Crippen molar-refractivity contribution in [3.63, 3.8) is 0 Å². The van der Waals surface area contributed by atoms with Crippen LogP contribution in [0.25, 0.3) is 0 Å². The second-order valence-electron chi connectivity index (χ2n) is 6.19. The summed E-state index contributed by atoms with van der Waals surface area (Å²) in [5.41, 5.74) is 9.15. The molecule has 24 heavy (non-hydrogen) atoms. The zero-order chi connectivity index (χ0) is 17.3. The second-order valence-corrected chi connectivity index (χ2v) is 6.19. The molecule has 0 atom stereocenters. The largest absolute Gasteiger partial charge is 0.368 e. The lowest BCUT2D eigenvalue weighted by atomic mass is 10.1. The van der Waals surface area contributed by atoms with Gasteiger partial charge in [0.15, 0.2) is 0 Å². The molecule has 0 spiro atoms. The Morgan fingerprint density at radius 1 is 0.958 bits per heavy atom. The van der Waals surface area contributed by atoms with Crippen molar-refractivity contribution in [3.8, 4) is 0 Å². The van der Waals surface area contributed by atoms with Crippen LogP contribution in [0.4, 0.5) is 11.5 Å². The number of aryl methyl sites for hydroxylation is 2. The number of hydrogen-bond acceptors (Lipinski definition) is 5. The molecule has 2 aromatic rings.